The molecule has 1 aromatic rings. The molecular weight excluding hydrogens is 250 g/mol. The first kappa shape index (κ1) is 14.6. The molecule has 1 rings (SSSR count). The van der Waals surface area contributed by atoms with Crippen LogP contribution in [0.5, 0.6) is 0 Å². The molecule has 0 aromatic heterocycles. The number of carbonyl (C=O) groups excluding carboxylic acids is 1. The quantitative estimate of drug-likeness (QED) is 0.861. The lowest BCUT2D eigenvalue weighted by Crippen LogP contribution is -2.16. The molecular formula is C13H17NO3S. The number of aryl methyl sites for hydroxylation is 1. The van der Waals surface area contributed by atoms with Gasteiger partial charge in [-0.25, -0.2) is 4.79 Å². The molecule has 1 atom stereocenters. The zero-order valence-corrected chi connectivity index (χ0v) is 11.5. The summed E-state index contributed by atoms with van der Waals surface area (Å²) in [6.45, 7) is 3.70. The van der Waals surface area contributed by atoms with Crippen LogP contribution in [0.2, 0.25) is 0 Å². The summed E-state index contributed by atoms with van der Waals surface area (Å²) < 4.78 is 0. The van der Waals surface area contributed by atoms with Gasteiger partial charge in [0.2, 0.25) is 5.91 Å². The third kappa shape index (κ3) is 4.07. The lowest BCUT2D eigenvalue weighted by atomic mass is 10.1. The van der Waals surface area contributed by atoms with Crippen molar-refractivity contribution in [1.29, 1.82) is 0 Å². The molecule has 0 aliphatic rings. The first-order valence-electron chi connectivity index (χ1n) is 5.60. The highest BCUT2D eigenvalue weighted by molar-refractivity contribution is 7.99. The Labute approximate surface area is 111 Å². The third-order valence-electron chi connectivity index (χ3n) is 2.62. The molecule has 1 aromatic carbocycles. The molecule has 0 aliphatic carbocycles. The van der Waals surface area contributed by atoms with Crippen LogP contribution in [0.4, 0.5) is 5.69 Å². The number of carboxylic acids is 1. The highest BCUT2D eigenvalue weighted by Gasteiger charge is 2.10. The summed E-state index contributed by atoms with van der Waals surface area (Å²) in [6, 6.07) is 4.79. The lowest BCUT2D eigenvalue weighted by Gasteiger charge is -2.10. The van der Waals surface area contributed by atoms with Gasteiger partial charge in [0.25, 0.3) is 0 Å². The van der Waals surface area contributed by atoms with Crippen molar-refractivity contribution >= 4 is 29.3 Å². The average molecular weight is 267 g/mol. The molecule has 0 fully saturated rings. The molecule has 0 saturated carbocycles. The Morgan fingerprint density at radius 2 is 2.11 bits per heavy atom. The highest BCUT2D eigenvalue weighted by atomic mass is 32.2. The molecule has 1 amide bonds. The van der Waals surface area contributed by atoms with Crippen molar-refractivity contribution in [3.63, 3.8) is 0 Å². The Bertz CT molecular complexity index is 460. The molecule has 0 spiro atoms. The van der Waals surface area contributed by atoms with Gasteiger partial charge in [0, 0.05) is 17.4 Å². The van der Waals surface area contributed by atoms with Gasteiger partial charge in [0.1, 0.15) is 0 Å². The minimum Gasteiger partial charge on any atom is -0.478 e. The highest BCUT2D eigenvalue weighted by Crippen LogP contribution is 2.16. The van der Waals surface area contributed by atoms with E-state index >= 15 is 0 Å². The Morgan fingerprint density at radius 1 is 1.44 bits per heavy atom. The number of benzene rings is 1. The first-order chi connectivity index (χ1) is 8.43. The van der Waals surface area contributed by atoms with Crippen molar-refractivity contribution in [2.75, 3.05) is 11.6 Å². The molecule has 18 heavy (non-hydrogen) atoms. The fourth-order valence-corrected chi connectivity index (χ4v) is 1.86. The SMILES string of the molecule is CSC(C)CC(=O)Nc1ccc(C(=O)O)c(C)c1. The second-order valence-electron chi connectivity index (χ2n) is 4.13. The van der Waals surface area contributed by atoms with E-state index in [-0.39, 0.29) is 16.7 Å². The van der Waals surface area contributed by atoms with Gasteiger partial charge in [-0.3, -0.25) is 4.79 Å². The minimum absolute atomic E-state index is 0.0562. The van der Waals surface area contributed by atoms with Crippen LogP contribution in [0.3, 0.4) is 0 Å². The van der Waals surface area contributed by atoms with Gasteiger partial charge >= 0.3 is 5.97 Å². The Morgan fingerprint density at radius 3 is 2.61 bits per heavy atom. The van der Waals surface area contributed by atoms with Crippen LogP contribution in [0.15, 0.2) is 18.2 Å². The van der Waals surface area contributed by atoms with Gasteiger partial charge < -0.3 is 10.4 Å². The van der Waals surface area contributed by atoms with Crippen LogP contribution in [0.25, 0.3) is 0 Å². The van der Waals surface area contributed by atoms with Gasteiger partial charge in [0.05, 0.1) is 5.56 Å². The number of anilines is 1. The summed E-state index contributed by atoms with van der Waals surface area (Å²) in [4.78, 5) is 22.5. The number of rotatable bonds is 5. The number of hydrogen-bond acceptors (Lipinski definition) is 3. The van der Waals surface area contributed by atoms with E-state index in [4.69, 9.17) is 5.11 Å². The maximum Gasteiger partial charge on any atom is 0.335 e. The van der Waals surface area contributed by atoms with Crippen molar-refractivity contribution in [1.82, 2.24) is 0 Å². The second kappa shape index (κ2) is 6.44. The van der Waals surface area contributed by atoms with Gasteiger partial charge in [-0.05, 0) is 36.9 Å². The van der Waals surface area contributed by atoms with Crippen molar-refractivity contribution in [2.45, 2.75) is 25.5 Å². The molecule has 0 heterocycles. The summed E-state index contributed by atoms with van der Waals surface area (Å²) in [7, 11) is 0. The topological polar surface area (TPSA) is 66.4 Å². The molecule has 5 heteroatoms. The van der Waals surface area contributed by atoms with Crippen molar-refractivity contribution in [2.24, 2.45) is 0 Å². The Balaban J connectivity index is 2.72. The van der Waals surface area contributed by atoms with Crippen LogP contribution in [-0.2, 0) is 4.79 Å². The van der Waals surface area contributed by atoms with E-state index in [2.05, 4.69) is 5.32 Å². The number of hydrogen-bond donors (Lipinski definition) is 2. The first-order valence-corrected chi connectivity index (χ1v) is 6.89. The predicted molar refractivity (Wildman–Crippen MR) is 74.4 cm³/mol. The average Bonchev–Trinajstić information content (AvgIpc) is 2.28. The number of carbonyl (C=O) groups is 2. The van der Waals surface area contributed by atoms with E-state index in [1.54, 1.807) is 30.8 Å². The number of thioether (sulfide) groups is 1. The van der Waals surface area contributed by atoms with Gasteiger partial charge in [-0.15, -0.1) is 0 Å². The maximum atomic E-state index is 11.7. The van der Waals surface area contributed by atoms with E-state index < -0.39 is 5.97 Å². The summed E-state index contributed by atoms with van der Waals surface area (Å²) in [5, 5.41) is 11.9. The lowest BCUT2D eigenvalue weighted by molar-refractivity contribution is -0.116. The number of amides is 1. The van der Waals surface area contributed by atoms with Gasteiger partial charge in [-0.2, -0.15) is 11.8 Å². The fourth-order valence-electron chi connectivity index (χ4n) is 1.54. The van der Waals surface area contributed by atoms with E-state index in [1.165, 1.54) is 6.07 Å². The fraction of sp³-hybridized carbons (Fsp3) is 0.385. The third-order valence-corrected chi connectivity index (χ3v) is 3.59. The standard InChI is InChI=1S/C13H17NO3S/c1-8-6-10(4-5-11(8)13(16)17)14-12(15)7-9(2)18-3/h4-6,9H,7H2,1-3H3,(H,14,15)(H,16,17). The Kier molecular flexibility index (Phi) is 5.22. The van der Waals surface area contributed by atoms with E-state index in [9.17, 15) is 9.59 Å². The summed E-state index contributed by atoms with van der Waals surface area (Å²) >= 11 is 1.63. The summed E-state index contributed by atoms with van der Waals surface area (Å²) in [5.41, 5.74) is 1.53. The second-order valence-corrected chi connectivity index (χ2v) is 5.41. The van der Waals surface area contributed by atoms with Crippen LogP contribution >= 0.6 is 11.8 Å². The summed E-state index contributed by atoms with van der Waals surface area (Å²) in [6.07, 6.45) is 2.41. The number of nitrogens with one attached hydrogen (secondary N) is 1. The zero-order chi connectivity index (χ0) is 13.7. The van der Waals surface area contributed by atoms with Crippen molar-refractivity contribution in [3.8, 4) is 0 Å². The molecule has 0 saturated heterocycles. The number of carboxylic acid groups (broad SMARTS) is 1. The van der Waals surface area contributed by atoms with E-state index in [0.29, 0.717) is 17.7 Å². The van der Waals surface area contributed by atoms with E-state index in [0.717, 1.165) is 0 Å². The van der Waals surface area contributed by atoms with Crippen LogP contribution < -0.4 is 5.32 Å². The molecule has 2 N–H and O–H groups in total. The molecule has 98 valence electrons. The molecule has 0 bridgehead atoms. The minimum atomic E-state index is -0.957. The summed E-state index contributed by atoms with van der Waals surface area (Å²) in [5.74, 6) is -1.01. The van der Waals surface area contributed by atoms with Crippen molar-refractivity contribution in [3.05, 3.63) is 29.3 Å². The molecule has 1 unspecified atom stereocenters. The van der Waals surface area contributed by atoms with Crippen LogP contribution in [-0.4, -0.2) is 28.5 Å². The maximum absolute atomic E-state index is 11.7. The molecule has 0 aliphatic heterocycles. The normalized spacial score (nSPS) is 11.9. The molecule has 4 nitrogen and oxygen atoms in total. The van der Waals surface area contributed by atoms with Gasteiger partial charge in [-0.1, -0.05) is 6.92 Å². The smallest absolute Gasteiger partial charge is 0.335 e. The van der Waals surface area contributed by atoms with Crippen molar-refractivity contribution < 1.29 is 14.7 Å². The predicted octanol–water partition coefficient (Wildman–Crippen LogP) is 2.77. The van der Waals surface area contributed by atoms with E-state index in [1.807, 2.05) is 13.2 Å². The van der Waals surface area contributed by atoms with Crippen LogP contribution in [0, 0.1) is 6.92 Å². The van der Waals surface area contributed by atoms with Crippen LogP contribution in [0.1, 0.15) is 29.3 Å². The number of aromatic carboxylic acids is 1. The zero-order valence-electron chi connectivity index (χ0n) is 10.7. The largest absolute Gasteiger partial charge is 0.478 e. The Hall–Kier alpha value is -1.49. The monoisotopic (exact) mass is 267 g/mol. The molecule has 0 radical (unpaired) electrons. The van der Waals surface area contributed by atoms with Gasteiger partial charge in [0.15, 0.2) is 0 Å².